The third-order valence-corrected chi connectivity index (χ3v) is 3.87. The molecule has 1 unspecified atom stereocenters. The number of amides is 1. The zero-order chi connectivity index (χ0) is 15.4. The summed E-state index contributed by atoms with van der Waals surface area (Å²) < 4.78 is 10.7. The Morgan fingerprint density at radius 2 is 2.05 bits per heavy atom. The zero-order valence-corrected chi connectivity index (χ0v) is 12.2. The molecule has 1 aromatic heterocycles. The number of furan rings is 1. The Bertz CT molecular complexity index is 607. The molecule has 1 aromatic carbocycles. The molecule has 0 bridgehead atoms. The molecule has 1 aliphatic rings. The molecule has 3 rings (SSSR count). The lowest BCUT2D eigenvalue weighted by Gasteiger charge is -2.26. The van der Waals surface area contributed by atoms with E-state index in [1.54, 1.807) is 24.3 Å². The molecule has 1 atom stereocenters. The van der Waals surface area contributed by atoms with E-state index in [1.165, 1.54) is 6.26 Å². The second-order valence-electron chi connectivity index (χ2n) is 5.55. The Balaban J connectivity index is 1.53. The molecule has 0 radical (unpaired) electrons. The van der Waals surface area contributed by atoms with Crippen molar-refractivity contribution in [2.75, 3.05) is 13.2 Å². The minimum atomic E-state index is -1.13. The summed E-state index contributed by atoms with van der Waals surface area (Å²) in [6.07, 6.45) is 3.41. The number of aliphatic hydroxyl groups is 1. The molecular weight excluding hydrogens is 282 g/mol. The standard InChI is InChI=1S/C17H19NO4/c19-16(11-22-14-5-2-1-3-6-14)18-12-17(20,13-8-9-13)15-7-4-10-21-15/h1-7,10,13,20H,8-9,11-12H2,(H,18,19). The van der Waals surface area contributed by atoms with Crippen LogP contribution in [0, 0.1) is 5.92 Å². The first-order valence-electron chi connectivity index (χ1n) is 7.39. The molecule has 1 saturated carbocycles. The van der Waals surface area contributed by atoms with Gasteiger partial charge >= 0.3 is 0 Å². The monoisotopic (exact) mass is 301 g/mol. The Labute approximate surface area is 128 Å². The summed E-state index contributed by atoms with van der Waals surface area (Å²) in [5, 5.41) is 13.5. The first-order valence-corrected chi connectivity index (χ1v) is 7.39. The highest BCUT2D eigenvalue weighted by Gasteiger charge is 2.47. The SMILES string of the molecule is O=C(COc1ccccc1)NCC(O)(c1ccco1)C1CC1. The van der Waals surface area contributed by atoms with E-state index in [2.05, 4.69) is 5.32 Å². The van der Waals surface area contributed by atoms with E-state index in [-0.39, 0.29) is 25.0 Å². The van der Waals surface area contributed by atoms with E-state index in [0.29, 0.717) is 11.5 Å². The van der Waals surface area contributed by atoms with Gasteiger partial charge in [0.25, 0.3) is 5.91 Å². The predicted octanol–water partition coefficient (Wildman–Crippen LogP) is 2.07. The summed E-state index contributed by atoms with van der Waals surface area (Å²) in [5.74, 6) is 1.00. The first kappa shape index (κ1) is 14.7. The maximum atomic E-state index is 11.9. The van der Waals surface area contributed by atoms with Crippen molar-refractivity contribution in [3.05, 3.63) is 54.5 Å². The zero-order valence-electron chi connectivity index (χ0n) is 12.2. The Morgan fingerprint density at radius 3 is 2.68 bits per heavy atom. The summed E-state index contributed by atoms with van der Waals surface area (Å²) >= 11 is 0. The number of hydrogen-bond donors (Lipinski definition) is 2. The van der Waals surface area contributed by atoms with Gasteiger partial charge in [0.05, 0.1) is 12.8 Å². The van der Waals surface area contributed by atoms with Crippen LogP contribution in [0.25, 0.3) is 0 Å². The fraction of sp³-hybridized carbons (Fsp3) is 0.353. The highest BCUT2D eigenvalue weighted by atomic mass is 16.5. The molecule has 1 aliphatic carbocycles. The van der Waals surface area contributed by atoms with Crippen molar-refractivity contribution < 1.29 is 19.1 Å². The summed E-state index contributed by atoms with van der Waals surface area (Å²) in [4.78, 5) is 11.9. The van der Waals surface area contributed by atoms with Crippen molar-refractivity contribution in [3.8, 4) is 5.75 Å². The van der Waals surface area contributed by atoms with Crippen molar-refractivity contribution in [1.29, 1.82) is 0 Å². The van der Waals surface area contributed by atoms with Crippen LogP contribution in [0.2, 0.25) is 0 Å². The smallest absolute Gasteiger partial charge is 0.258 e. The number of ether oxygens (including phenoxy) is 1. The third-order valence-electron chi connectivity index (χ3n) is 3.87. The van der Waals surface area contributed by atoms with Gasteiger partial charge in [-0.3, -0.25) is 4.79 Å². The number of benzene rings is 1. The largest absolute Gasteiger partial charge is 0.484 e. The molecule has 2 aromatic rings. The van der Waals surface area contributed by atoms with E-state index >= 15 is 0 Å². The van der Waals surface area contributed by atoms with Crippen LogP contribution in [0.3, 0.4) is 0 Å². The van der Waals surface area contributed by atoms with Gasteiger partial charge in [0.15, 0.2) is 6.61 Å². The van der Waals surface area contributed by atoms with Crippen LogP contribution >= 0.6 is 0 Å². The van der Waals surface area contributed by atoms with Gasteiger partial charge < -0.3 is 19.6 Å². The summed E-state index contributed by atoms with van der Waals surface area (Å²) in [5.41, 5.74) is -1.13. The molecule has 22 heavy (non-hydrogen) atoms. The fourth-order valence-electron chi connectivity index (χ4n) is 2.47. The van der Waals surface area contributed by atoms with Gasteiger partial charge in [0.1, 0.15) is 17.1 Å². The molecule has 2 N–H and O–H groups in total. The summed E-state index contributed by atoms with van der Waals surface area (Å²) in [6, 6.07) is 12.6. The molecule has 0 spiro atoms. The number of para-hydroxylation sites is 1. The summed E-state index contributed by atoms with van der Waals surface area (Å²) in [7, 11) is 0. The average Bonchev–Trinajstić information content (AvgIpc) is 3.26. The lowest BCUT2D eigenvalue weighted by Crippen LogP contribution is -2.43. The van der Waals surface area contributed by atoms with Gasteiger partial charge in [-0.2, -0.15) is 0 Å². The van der Waals surface area contributed by atoms with E-state index in [9.17, 15) is 9.90 Å². The van der Waals surface area contributed by atoms with E-state index < -0.39 is 5.60 Å². The molecule has 0 saturated heterocycles. The summed E-state index contributed by atoms with van der Waals surface area (Å²) in [6.45, 7) is 0.0467. The van der Waals surface area contributed by atoms with Crippen molar-refractivity contribution in [1.82, 2.24) is 5.32 Å². The maximum Gasteiger partial charge on any atom is 0.258 e. The van der Waals surface area contributed by atoms with E-state index in [0.717, 1.165) is 12.8 Å². The second kappa shape index (κ2) is 6.23. The van der Waals surface area contributed by atoms with Gasteiger partial charge in [-0.15, -0.1) is 0 Å². The molecule has 0 aliphatic heterocycles. The second-order valence-corrected chi connectivity index (χ2v) is 5.55. The molecule has 1 heterocycles. The van der Waals surface area contributed by atoms with Gasteiger partial charge in [0, 0.05) is 0 Å². The van der Waals surface area contributed by atoms with Gasteiger partial charge in [-0.1, -0.05) is 18.2 Å². The molecule has 116 valence electrons. The Morgan fingerprint density at radius 1 is 1.27 bits per heavy atom. The number of carbonyl (C=O) groups excluding carboxylic acids is 1. The van der Waals surface area contributed by atoms with Gasteiger partial charge in [0.2, 0.25) is 0 Å². The first-order chi connectivity index (χ1) is 10.7. The quantitative estimate of drug-likeness (QED) is 0.821. The average molecular weight is 301 g/mol. The van der Waals surface area contributed by atoms with Gasteiger partial charge in [-0.25, -0.2) is 0 Å². The highest BCUT2D eigenvalue weighted by Crippen LogP contribution is 2.45. The number of rotatable bonds is 7. The minimum absolute atomic E-state index is 0.0804. The molecule has 1 fully saturated rings. The van der Waals surface area contributed by atoms with Crippen molar-refractivity contribution in [3.63, 3.8) is 0 Å². The predicted molar refractivity (Wildman–Crippen MR) is 80.3 cm³/mol. The number of nitrogens with one attached hydrogen (secondary N) is 1. The Kier molecular flexibility index (Phi) is 4.15. The maximum absolute atomic E-state index is 11.9. The molecule has 1 amide bonds. The van der Waals surface area contributed by atoms with Crippen LogP contribution in [0.15, 0.2) is 53.1 Å². The molecular formula is C17H19NO4. The molecule has 5 nitrogen and oxygen atoms in total. The fourth-order valence-corrected chi connectivity index (χ4v) is 2.47. The van der Waals surface area contributed by atoms with Gasteiger partial charge in [-0.05, 0) is 43.0 Å². The van der Waals surface area contributed by atoms with Crippen LogP contribution < -0.4 is 10.1 Å². The topological polar surface area (TPSA) is 71.7 Å². The van der Waals surface area contributed by atoms with Crippen molar-refractivity contribution >= 4 is 5.91 Å². The van der Waals surface area contributed by atoms with Crippen LogP contribution in [-0.2, 0) is 10.4 Å². The molecule has 5 heteroatoms. The number of hydrogen-bond acceptors (Lipinski definition) is 4. The lowest BCUT2D eigenvalue weighted by molar-refractivity contribution is -0.125. The lowest BCUT2D eigenvalue weighted by atomic mass is 9.94. The highest BCUT2D eigenvalue weighted by molar-refractivity contribution is 5.77. The van der Waals surface area contributed by atoms with Crippen LogP contribution in [0.1, 0.15) is 18.6 Å². The van der Waals surface area contributed by atoms with Crippen LogP contribution in [0.4, 0.5) is 0 Å². The van der Waals surface area contributed by atoms with Crippen LogP contribution in [-0.4, -0.2) is 24.2 Å². The minimum Gasteiger partial charge on any atom is -0.484 e. The Hall–Kier alpha value is -2.27. The number of carbonyl (C=O) groups is 1. The van der Waals surface area contributed by atoms with E-state index in [1.807, 2.05) is 18.2 Å². The van der Waals surface area contributed by atoms with E-state index in [4.69, 9.17) is 9.15 Å². The third kappa shape index (κ3) is 3.31. The van der Waals surface area contributed by atoms with Crippen molar-refractivity contribution in [2.45, 2.75) is 18.4 Å². The van der Waals surface area contributed by atoms with Crippen LogP contribution in [0.5, 0.6) is 5.75 Å². The normalized spacial score (nSPS) is 16.8. The van der Waals surface area contributed by atoms with Crippen molar-refractivity contribution in [2.24, 2.45) is 5.92 Å².